The van der Waals surface area contributed by atoms with Crippen molar-refractivity contribution in [3.63, 3.8) is 0 Å². The Kier molecular flexibility index (Phi) is 5.77. The average molecular weight is 414 g/mol. The third kappa shape index (κ3) is 3.22. The molecule has 0 aromatic rings. The van der Waals surface area contributed by atoms with Crippen molar-refractivity contribution in [2.24, 2.45) is 0 Å². The first-order valence-electron chi connectivity index (χ1n) is 4.85. The molecule has 0 aliphatic heterocycles. The molecule has 0 fully saturated rings. The highest BCUT2D eigenvalue weighted by Crippen LogP contribution is 2.63. The molecule has 18 heteroatoms. The van der Waals surface area contributed by atoms with Crippen LogP contribution in [0, 0.1) is 0 Å². The van der Waals surface area contributed by atoms with Crippen LogP contribution in [0.2, 0.25) is 0 Å². The molecule has 0 saturated carbocycles. The highest BCUT2D eigenvalue weighted by atomic mass is 19.4. The van der Waals surface area contributed by atoms with Crippen molar-refractivity contribution in [2.45, 2.75) is 35.9 Å². The topological polar surface area (TPSA) is 44.8 Å². The van der Waals surface area contributed by atoms with Gasteiger partial charge in [0.15, 0.2) is 0 Å². The summed E-state index contributed by atoms with van der Waals surface area (Å²) in [6, 6.07) is 0. The maximum atomic E-state index is 12.7. The lowest BCUT2D eigenvalue weighted by atomic mass is 9.79. The molecule has 0 aromatic carbocycles. The van der Waals surface area contributed by atoms with Crippen molar-refractivity contribution in [2.75, 3.05) is 0 Å². The molecule has 4 nitrogen and oxygen atoms in total. The van der Waals surface area contributed by atoms with Crippen molar-refractivity contribution >= 4 is 6.16 Å². The molecule has 0 amide bonds. The van der Waals surface area contributed by atoms with E-state index < -0.39 is 42.1 Å². The molecule has 0 rings (SSSR count). The van der Waals surface area contributed by atoms with E-state index in [9.17, 15) is 66.5 Å². The van der Waals surface area contributed by atoms with E-state index in [0.29, 0.717) is 0 Å². The van der Waals surface area contributed by atoms with Crippen molar-refractivity contribution < 1.29 is 81.2 Å². The van der Waals surface area contributed by atoms with Gasteiger partial charge in [0.1, 0.15) is 0 Å². The van der Waals surface area contributed by atoms with E-state index in [1.165, 1.54) is 0 Å². The van der Waals surface area contributed by atoms with E-state index in [0.717, 1.165) is 4.94 Å². The van der Waals surface area contributed by atoms with Crippen LogP contribution in [0.3, 0.4) is 0 Å². The van der Waals surface area contributed by atoms with Gasteiger partial charge >= 0.3 is 42.1 Å². The molecule has 0 atom stereocenters. The summed E-state index contributed by atoms with van der Waals surface area (Å²) in [5, 5.41) is 0. The van der Waals surface area contributed by atoms with Crippen LogP contribution in [0.4, 0.5) is 66.5 Å². The first-order valence-corrected chi connectivity index (χ1v) is 4.85. The summed E-state index contributed by atoms with van der Waals surface area (Å²) in [6.07, 6.45) is -35.5. The van der Waals surface area contributed by atoms with Crippen LogP contribution in [0.1, 0.15) is 0 Å². The lowest BCUT2D eigenvalue weighted by molar-refractivity contribution is -0.531. The van der Waals surface area contributed by atoms with Crippen LogP contribution < -0.4 is 0 Å². The van der Waals surface area contributed by atoms with Gasteiger partial charge in [0.05, 0.1) is 0 Å². The maximum absolute atomic E-state index is 12.7. The van der Waals surface area contributed by atoms with E-state index in [1.807, 2.05) is 4.74 Å². The fourth-order valence-electron chi connectivity index (χ4n) is 1.59. The monoisotopic (exact) mass is 414 g/mol. The molecular formula is C7F14O4. The number of carbonyl (C=O) groups excluding carboxylic acids is 1. The quantitative estimate of drug-likeness (QED) is 0.498. The molecule has 0 unspecified atom stereocenters. The molecule has 0 N–H and O–H groups in total. The molecule has 0 spiro atoms. The molecule has 0 heterocycles. The second-order valence-electron chi connectivity index (χ2n) is 3.86. The van der Waals surface area contributed by atoms with Gasteiger partial charge in [0.2, 0.25) is 0 Å². The Balaban J connectivity index is 7.41. The SMILES string of the molecule is O=C(OF)OC(C(F)(F)F)(C(F)(F)F)C(OF)(C(F)(F)F)C(F)(F)F. The molecule has 150 valence electrons. The third-order valence-corrected chi connectivity index (χ3v) is 2.51. The summed E-state index contributed by atoms with van der Waals surface area (Å²) in [5.41, 5.74) is -15.7. The summed E-state index contributed by atoms with van der Waals surface area (Å²) < 4.78 is 177. The standard InChI is InChI=1S/C7F14O4/c8-4(9,10)2(5(11,12)13,23-1(22)24-20)3(25-21,6(14,15)16)7(17,18)19. The van der Waals surface area contributed by atoms with Gasteiger partial charge in [0.25, 0.3) is 0 Å². The highest BCUT2D eigenvalue weighted by molar-refractivity contribution is 5.60. The number of alkyl halides is 12. The van der Waals surface area contributed by atoms with Gasteiger partial charge in [0, 0.05) is 4.53 Å². The van der Waals surface area contributed by atoms with Crippen molar-refractivity contribution in [1.29, 1.82) is 0 Å². The van der Waals surface area contributed by atoms with Gasteiger partial charge in [-0.3, -0.25) is 0 Å². The minimum absolute atomic E-state index is 1.09. The smallest absolute Gasteiger partial charge is 0.402 e. The lowest BCUT2D eigenvalue weighted by Crippen LogP contribution is -2.82. The number of rotatable bonds is 3. The molecule has 0 aliphatic rings. The van der Waals surface area contributed by atoms with E-state index in [4.69, 9.17) is 0 Å². The molecule has 25 heavy (non-hydrogen) atoms. The zero-order valence-electron chi connectivity index (χ0n) is 10.4. The Hall–Kier alpha value is -1.75. The summed E-state index contributed by atoms with van der Waals surface area (Å²) >= 11 is 0. The van der Waals surface area contributed by atoms with Gasteiger partial charge in [-0.15, -0.1) is 0 Å². The first kappa shape index (κ1) is 23.2. The molecule has 0 bridgehead atoms. The predicted molar refractivity (Wildman–Crippen MR) is 40.5 cm³/mol. The fourth-order valence-corrected chi connectivity index (χ4v) is 1.59. The molecule has 0 aliphatic carbocycles. The Morgan fingerprint density at radius 1 is 0.560 bits per heavy atom. The first-order chi connectivity index (χ1) is 10.8. The van der Waals surface area contributed by atoms with Crippen LogP contribution in [0.5, 0.6) is 0 Å². The third-order valence-electron chi connectivity index (χ3n) is 2.51. The summed E-state index contributed by atoms with van der Waals surface area (Å²) in [5.74, 6) is 0. The second-order valence-corrected chi connectivity index (χ2v) is 3.86. The van der Waals surface area contributed by atoms with Gasteiger partial charge in [-0.05, 0) is 4.53 Å². The predicted octanol–water partition coefficient (Wildman–Crippen LogP) is 4.65. The summed E-state index contributed by atoms with van der Waals surface area (Å²) in [4.78, 5) is 12.9. The minimum Gasteiger partial charge on any atom is -0.402 e. The van der Waals surface area contributed by atoms with Crippen molar-refractivity contribution in [3.8, 4) is 0 Å². The molecule has 0 saturated heterocycles. The number of carbonyl (C=O) groups is 1. The van der Waals surface area contributed by atoms with Crippen molar-refractivity contribution in [1.82, 2.24) is 0 Å². The van der Waals surface area contributed by atoms with E-state index in [2.05, 4.69) is 0 Å². The van der Waals surface area contributed by atoms with Crippen LogP contribution in [-0.2, 0) is 14.6 Å². The van der Waals surface area contributed by atoms with Crippen LogP contribution >= 0.6 is 0 Å². The van der Waals surface area contributed by atoms with Crippen LogP contribution in [0.15, 0.2) is 0 Å². The lowest BCUT2D eigenvalue weighted by Gasteiger charge is -2.47. The van der Waals surface area contributed by atoms with Gasteiger partial charge in [-0.1, -0.05) is 0 Å². The van der Waals surface area contributed by atoms with Gasteiger partial charge in [-0.2, -0.15) is 57.6 Å². The number of hydrogen-bond donors (Lipinski definition) is 0. The second kappa shape index (κ2) is 6.20. The Morgan fingerprint density at radius 2 is 0.840 bits per heavy atom. The van der Waals surface area contributed by atoms with Crippen molar-refractivity contribution in [3.05, 3.63) is 0 Å². The normalized spacial score (nSPS) is 15.1. The Morgan fingerprint density at radius 3 is 1.00 bits per heavy atom. The van der Waals surface area contributed by atoms with E-state index >= 15 is 0 Å². The van der Waals surface area contributed by atoms with Gasteiger partial charge in [-0.25, -0.2) is 9.74 Å². The molecule has 0 radical (unpaired) electrons. The Bertz CT molecular complexity index is 455. The summed E-state index contributed by atoms with van der Waals surface area (Å²) in [6.45, 7) is 0. The number of halogens is 14. The van der Waals surface area contributed by atoms with Gasteiger partial charge < -0.3 is 4.74 Å². The fraction of sp³-hybridized carbons (Fsp3) is 0.857. The zero-order valence-corrected chi connectivity index (χ0v) is 10.4. The highest BCUT2D eigenvalue weighted by Gasteiger charge is 2.98. The van der Waals surface area contributed by atoms with E-state index in [-0.39, 0.29) is 0 Å². The molecule has 0 aromatic heterocycles. The zero-order chi connectivity index (χ0) is 20.7. The van der Waals surface area contributed by atoms with E-state index in [1.54, 1.807) is 4.94 Å². The number of hydrogen-bond acceptors (Lipinski definition) is 4. The summed E-state index contributed by atoms with van der Waals surface area (Å²) in [7, 11) is 0. The average Bonchev–Trinajstić information content (AvgIpc) is 2.31. The minimum atomic E-state index is -7.89. The largest absolute Gasteiger partial charge is 0.546 e. The van der Waals surface area contributed by atoms with Crippen LogP contribution in [-0.4, -0.2) is 42.1 Å². The van der Waals surface area contributed by atoms with Crippen LogP contribution in [0.25, 0.3) is 0 Å². The Labute approximate surface area is 125 Å². The molecular weight excluding hydrogens is 414 g/mol. The maximum Gasteiger partial charge on any atom is 0.546 e. The number of ether oxygens (including phenoxy) is 1.